The van der Waals surface area contributed by atoms with E-state index in [1.54, 1.807) is 18.5 Å². The lowest BCUT2D eigenvalue weighted by Gasteiger charge is -1.86. The van der Waals surface area contributed by atoms with Crippen LogP contribution in [-0.4, -0.2) is 23.0 Å². The van der Waals surface area contributed by atoms with Crippen LogP contribution in [0.25, 0.3) is 5.65 Å². The number of nitrogens with zero attached hydrogens (tertiary/aromatic N) is 3. The quantitative estimate of drug-likeness (QED) is 0.659. The van der Waals surface area contributed by atoms with E-state index in [1.165, 1.54) is 10.6 Å². The summed E-state index contributed by atoms with van der Waals surface area (Å²) in [5, 5.41) is 3.53. The molecule has 2 aromatic rings. The molecule has 0 aliphatic carbocycles. The molecule has 0 amide bonds. The molecule has 0 spiro atoms. The number of hydrogen-bond donors (Lipinski definition) is 0. The van der Waals surface area contributed by atoms with E-state index in [1.807, 2.05) is 0 Å². The summed E-state index contributed by atoms with van der Waals surface area (Å²) >= 11 is 0. The predicted octanol–water partition coefficient (Wildman–Crippen LogP) is 0.657. The van der Waals surface area contributed by atoms with Crippen LogP contribution in [0.5, 0.6) is 0 Å². The van der Waals surface area contributed by atoms with Crippen LogP contribution in [0.2, 0.25) is 0 Å². The fourth-order valence-corrected chi connectivity index (χ4v) is 1.59. The molecule has 68 valence electrons. The summed E-state index contributed by atoms with van der Waals surface area (Å²) < 4.78 is 23.1. The van der Waals surface area contributed by atoms with Gasteiger partial charge in [0, 0.05) is 29.1 Å². The minimum Gasteiger partial charge on any atom is -0.237 e. The first-order valence-electron chi connectivity index (χ1n) is 3.32. The molecule has 0 aliphatic heterocycles. The summed E-state index contributed by atoms with van der Waals surface area (Å²) in [6.07, 6.45) is 3.13. The second-order valence-electron chi connectivity index (χ2n) is 2.34. The van der Waals surface area contributed by atoms with Gasteiger partial charge in [-0.15, -0.1) is 0 Å². The second kappa shape index (κ2) is 2.68. The Morgan fingerprint density at radius 1 is 1.46 bits per heavy atom. The van der Waals surface area contributed by atoms with E-state index in [0.29, 0.717) is 5.65 Å². The molecule has 7 heteroatoms. The third-order valence-electron chi connectivity index (χ3n) is 1.46. The van der Waals surface area contributed by atoms with Gasteiger partial charge in [0.05, 0.1) is 0 Å². The number of halogens is 1. The van der Waals surface area contributed by atoms with Gasteiger partial charge in [-0.2, -0.15) is 5.10 Å². The number of rotatable bonds is 1. The lowest BCUT2D eigenvalue weighted by atomic mass is 10.6. The van der Waals surface area contributed by atoms with Gasteiger partial charge in [-0.3, -0.25) is 0 Å². The SMILES string of the molecule is O=S(=O)(Cl)c1cc2ncccn2n1. The van der Waals surface area contributed by atoms with Crippen molar-refractivity contribution in [3.8, 4) is 0 Å². The molecule has 0 fully saturated rings. The van der Waals surface area contributed by atoms with Crippen molar-refractivity contribution in [2.75, 3.05) is 0 Å². The highest BCUT2D eigenvalue weighted by atomic mass is 35.7. The van der Waals surface area contributed by atoms with Crippen molar-refractivity contribution in [3.63, 3.8) is 0 Å². The molecular formula is C6H4ClN3O2S. The third kappa shape index (κ3) is 1.50. The van der Waals surface area contributed by atoms with Gasteiger partial charge < -0.3 is 0 Å². The fourth-order valence-electron chi connectivity index (χ4n) is 0.928. The van der Waals surface area contributed by atoms with Crippen molar-refractivity contribution >= 4 is 25.4 Å². The largest absolute Gasteiger partial charge is 0.280 e. The number of fused-ring (bicyclic) bond motifs is 1. The molecule has 5 nitrogen and oxygen atoms in total. The molecule has 0 unspecified atom stereocenters. The topological polar surface area (TPSA) is 64.3 Å². The molecule has 2 rings (SSSR count). The van der Waals surface area contributed by atoms with E-state index >= 15 is 0 Å². The molecule has 0 aliphatic rings. The summed E-state index contributed by atoms with van der Waals surface area (Å²) in [6, 6.07) is 2.95. The lowest BCUT2D eigenvalue weighted by Crippen LogP contribution is -1.92. The Labute approximate surface area is 78.4 Å². The zero-order chi connectivity index (χ0) is 9.47. The van der Waals surface area contributed by atoms with Crippen molar-refractivity contribution in [2.45, 2.75) is 5.03 Å². The molecule has 13 heavy (non-hydrogen) atoms. The zero-order valence-electron chi connectivity index (χ0n) is 6.25. The van der Waals surface area contributed by atoms with E-state index in [0.717, 1.165) is 0 Å². The second-order valence-corrected chi connectivity index (χ2v) is 4.86. The maximum absolute atomic E-state index is 10.9. The van der Waals surface area contributed by atoms with E-state index in [-0.39, 0.29) is 5.03 Å². The molecule has 0 N–H and O–H groups in total. The number of aromatic nitrogens is 3. The van der Waals surface area contributed by atoms with Gasteiger partial charge in [-0.05, 0) is 6.07 Å². The zero-order valence-corrected chi connectivity index (χ0v) is 7.83. The van der Waals surface area contributed by atoms with E-state index in [9.17, 15) is 8.42 Å². The highest BCUT2D eigenvalue weighted by molar-refractivity contribution is 8.13. The normalized spacial score (nSPS) is 12.1. The highest BCUT2D eigenvalue weighted by Crippen LogP contribution is 2.13. The van der Waals surface area contributed by atoms with Crippen LogP contribution in [-0.2, 0) is 9.05 Å². The summed E-state index contributed by atoms with van der Waals surface area (Å²) in [7, 11) is 1.33. The average Bonchev–Trinajstić information content (AvgIpc) is 2.45. The van der Waals surface area contributed by atoms with Gasteiger partial charge in [0.2, 0.25) is 0 Å². The monoisotopic (exact) mass is 217 g/mol. The fraction of sp³-hybridized carbons (Fsp3) is 0. The van der Waals surface area contributed by atoms with Gasteiger partial charge in [0.1, 0.15) is 0 Å². The molecule has 0 aromatic carbocycles. The van der Waals surface area contributed by atoms with Gasteiger partial charge in [0.15, 0.2) is 10.7 Å². The van der Waals surface area contributed by atoms with Gasteiger partial charge in [-0.25, -0.2) is 17.9 Å². The summed E-state index contributed by atoms with van der Waals surface area (Å²) in [4.78, 5) is 3.89. The molecular weight excluding hydrogens is 214 g/mol. The third-order valence-corrected chi connectivity index (χ3v) is 2.64. The van der Waals surface area contributed by atoms with Gasteiger partial charge in [0.25, 0.3) is 9.05 Å². The molecule has 0 bridgehead atoms. The van der Waals surface area contributed by atoms with E-state index < -0.39 is 9.05 Å². The van der Waals surface area contributed by atoms with Crippen LogP contribution in [0, 0.1) is 0 Å². The Balaban J connectivity index is 2.77. The summed E-state index contributed by atoms with van der Waals surface area (Å²) in [5.41, 5.74) is 0.446. The number of hydrogen-bond acceptors (Lipinski definition) is 4. The Morgan fingerprint density at radius 3 is 2.85 bits per heavy atom. The lowest BCUT2D eigenvalue weighted by molar-refractivity contribution is 0.605. The van der Waals surface area contributed by atoms with Crippen molar-refractivity contribution < 1.29 is 8.42 Å². The first-order valence-corrected chi connectivity index (χ1v) is 5.63. The van der Waals surface area contributed by atoms with E-state index in [2.05, 4.69) is 10.1 Å². The van der Waals surface area contributed by atoms with Crippen LogP contribution in [0.15, 0.2) is 29.6 Å². The molecule has 2 heterocycles. The minimum absolute atomic E-state index is 0.187. The first kappa shape index (κ1) is 8.46. The minimum atomic E-state index is -3.76. The molecule has 0 saturated heterocycles. The maximum atomic E-state index is 10.9. The standard InChI is InChI=1S/C6H4ClN3O2S/c7-13(11,12)6-4-5-8-2-1-3-10(5)9-6/h1-4H. The maximum Gasteiger partial charge on any atom is 0.280 e. The average molecular weight is 218 g/mol. The molecule has 2 aromatic heterocycles. The van der Waals surface area contributed by atoms with Crippen molar-refractivity contribution in [1.29, 1.82) is 0 Å². The van der Waals surface area contributed by atoms with Crippen molar-refractivity contribution in [3.05, 3.63) is 24.5 Å². The summed E-state index contributed by atoms with van der Waals surface area (Å²) in [5.74, 6) is 0. The van der Waals surface area contributed by atoms with Crippen molar-refractivity contribution in [1.82, 2.24) is 14.6 Å². The van der Waals surface area contributed by atoms with E-state index in [4.69, 9.17) is 10.7 Å². The smallest absolute Gasteiger partial charge is 0.237 e. The van der Waals surface area contributed by atoms with Crippen molar-refractivity contribution in [2.24, 2.45) is 0 Å². The Bertz CT molecular complexity index is 515. The summed E-state index contributed by atoms with van der Waals surface area (Å²) in [6.45, 7) is 0. The first-order chi connectivity index (χ1) is 6.07. The van der Waals surface area contributed by atoms with Crippen LogP contribution < -0.4 is 0 Å². The molecule has 0 atom stereocenters. The van der Waals surface area contributed by atoms with Gasteiger partial charge in [-0.1, -0.05) is 0 Å². The highest BCUT2D eigenvalue weighted by Gasteiger charge is 2.14. The Morgan fingerprint density at radius 2 is 2.23 bits per heavy atom. The van der Waals surface area contributed by atoms with Crippen LogP contribution in [0.3, 0.4) is 0 Å². The van der Waals surface area contributed by atoms with Crippen LogP contribution in [0.1, 0.15) is 0 Å². The Kier molecular flexibility index (Phi) is 1.74. The Hall–Kier alpha value is -1.14. The van der Waals surface area contributed by atoms with Crippen LogP contribution in [0.4, 0.5) is 0 Å². The van der Waals surface area contributed by atoms with Gasteiger partial charge >= 0.3 is 0 Å². The molecule has 0 saturated carbocycles. The molecule has 0 radical (unpaired) electrons. The van der Waals surface area contributed by atoms with Crippen LogP contribution >= 0.6 is 10.7 Å². The predicted molar refractivity (Wildman–Crippen MR) is 46.0 cm³/mol.